The van der Waals surface area contributed by atoms with Crippen molar-refractivity contribution < 1.29 is 34.4 Å². The number of hydrogen-bond acceptors (Lipinski definition) is 7. The van der Waals surface area contributed by atoms with Crippen molar-refractivity contribution in [2.45, 2.75) is 57.2 Å². The van der Waals surface area contributed by atoms with E-state index < -0.39 is 54.4 Å². The van der Waals surface area contributed by atoms with E-state index in [1.54, 1.807) is 44.2 Å². The Kier molecular flexibility index (Phi) is 9.41. The van der Waals surface area contributed by atoms with Crippen molar-refractivity contribution in [1.29, 1.82) is 0 Å². The third-order valence-corrected chi connectivity index (χ3v) is 5.15. The lowest BCUT2D eigenvalue weighted by atomic mass is 9.84. The average molecular weight is 440 g/mol. The molecular weight excluding hydrogens is 406 g/mol. The highest BCUT2D eigenvalue weighted by atomic mass is 16.6. The van der Waals surface area contributed by atoms with Crippen LogP contribution in [-0.2, 0) is 14.3 Å². The maximum absolute atomic E-state index is 12.4. The molecular formula is C21H33N3O7. The Balaban J connectivity index is 2.68. The van der Waals surface area contributed by atoms with Crippen molar-refractivity contribution in [3.63, 3.8) is 0 Å². The molecule has 0 bridgehead atoms. The largest absolute Gasteiger partial charge is 0.441 e. The van der Waals surface area contributed by atoms with Gasteiger partial charge in [-0.15, -0.1) is 0 Å². The summed E-state index contributed by atoms with van der Waals surface area (Å²) in [4.78, 5) is 36.6. The Morgan fingerprint density at radius 1 is 0.839 bits per heavy atom. The van der Waals surface area contributed by atoms with Gasteiger partial charge in [0, 0.05) is 18.5 Å². The van der Waals surface area contributed by atoms with Crippen LogP contribution < -0.4 is 16.0 Å². The minimum atomic E-state index is -1.33. The van der Waals surface area contributed by atoms with E-state index >= 15 is 0 Å². The van der Waals surface area contributed by atoms with Crippen LogP contribution in [0, 0.1) is 0 Å². The van der Waals surface area contributed by atoms with Crippen molar-refractivity contribution in [2.24, 2.45) is 0 Å². The van der Waals surface area contributed by atoms with Crippen LogP contribution in [0.4, 0.5) is 10.5 Å². The molecule has 0 aliphatic carbocycles. The first kappa shape index (κ1) is 26.3. The zero-order valence-corrected chi connectivity index (χ0v) is 18.4. The Morgan fingerprint density at radius 2 is 1.35 bits per heavy atom. The molecule has 0 aliphatic rings. The molecule has 0 aromatic heterocycles. The van der Waals surface area contributed by atoms with E-state index in [2.05, 4.69) is 16.0 Å². The smallest absolute Gasteiger partial charge is 0.412 e. The quantitative estimate of drug-likeness (QED) is 0.293. The number of ether oxygens (including phenoxy) is 1. The van der Waals surface area contributed by atoms with Gasteiger partial charge in [0.05, 0.1) is 30.9 Å². The lowest BCUT2D eigenvalue weighted by molar-refractivity contribution is -0.132. The van der Waals surface area contributed by atoms with Crippen molar-refractivity contribution in [3.05, 3.63) is 30.3 Å². The van der Waals surface area contributed by atoms with E-state index in [-0.39, 0.29) is 12.8 Å². The molecule has 1 aromatic carbocycles. The van der Waals surface area contributed by atoms with Gasteiger partial charge in [0.2, 0.25) is 11.8 Å². The van der Waals surface area contributed by atoms with Gasteiger partial charge in [-0.2, -0.15) is 0 Å². The summed E-state index contributed by atoms with van der Waals surface area (Å²) in [7, 11) is 0. The van der Waals surface area contributed by atoms with E-state index in [1.807, 2.05) is 0 Å². The van der Waals surface area contributed by atoms with Crippen molar-refractivity contribution in [1.82, 2.24) is 10.6 Å². The standard InChI is InChI=1S/C21H33N3O7/c1-19(2,31-18(30)22-15-8-6-5-7-9-15)21(4,14-27)24-17(29)11-10-16(28)23-20(3,12-25)13-26/h5-9,25-27H,10-14H2,1-4H3,(H,22,30)(H,23,28)(H,24,29). The minimum absolute atomic E-state index is 0.196. The first-order chi connectivity index (χ1) is 14.4. The molecule has 174 valence electrons. The number of aliphatic hydroxyl groups is 3. The monoisotopic (exact) mass is 439 g/mol. The first-order valence-corrected chi connectivity index (χ1v) is 9.90. The molecule has 6 N–H and O–H groups in total. The van der Waals surface area contributed by atoms with Gasteiger partial charge in [0.25, 0.3) is 0 Å². The molecule has 1 atom stereocenters. The molecule has 0 radical (unpaired) electrons. The van der Waals surface area contributed by atoms with Gasteiger partial charge in [-0.1, -0.05) is 18.2 Å². The Bertz CT molecular complexity index is 751. The summed E-state index contributed by atoms with van der Waals surface area (Å²) in [6, 6.07) is 8.67. The summed E-state index contributed by atoms with van der Waals surface area (Å²) in [5.74, 6) is -1.06. The summed E-state index contributed by atoms with van der Waals surface area (Å²) in [6.07, 6.45) is -1.16. The molecule has 10 heteroatoms. The van der Waals surface area contributed by atoms with Gasteiger partial charge >= 0.3 is 6.09 Å². The first-order valence-electron chi connectivity index (χ1n) is 9.90. The highest BCUT2D eigenvalue weighted by molar-refractivity contribution is 5.86. The van der Waals surface area contributed by atoms with Gasteiger partial charge in [-0.3, -0.25) is 14.9 Å². The zero-order valence-electron chi connectivity index (χ0n) is 18.4. The van der Waals surface area contributed by atoms with Crippen LogP contribution in [0.25, 0.3) is 0 Å². The van der Waals surface area contributed by atoms with E-state index in [0.717, 1.165) is 0 Å². The van der Waals surface area contributed by atoms with E-state index in [4.69, 9.17) is 4.74 Å². The molecule has 1 unspecified atom stereocenters. The molecule has 10 nitrogen and oxygen atoms in total. The summed E-state index contributed by atoms with van der Waals surface area (Å²) in [6.45, 7) is 4.65. The lowest BCUT2D eigenvalue weighted by Crippen LogP contribution is -2.64. The van der Waals surface area contributed by atoms with Crippen molar-refractivity contribution in [3.8, 4) is 0 Å². The fourth-order valence-electron chi connectivity index (χ4n) is 2.52. The van der Waals surface area contributed by atoms with Crippen LogP contribution in [0.2, 0.25) is 0 Å². The number of amides is 3. The number of para-hydroxylation sites is 1. The molecule has 0 heterocycles. The fourth-order valence-corrected chi connectivity index (χ4v) is 2.52. The summed E-state index contributed by atoms with van der Waals surface area (Å²) in [5, 5.41) is 36.0. The van der Waals surface area contributed by atoms with Crippen LogP contribution in [0.15, 0.2) is 30.3 Å². The molecule has 0 aliphatic heterocycles. The van der Waals surface area contributed by atoms with E-state index in [9.17, 15) is 29.7 Å². The Labute approximate surface area is 182 Å². The average Bonchev–Trinajstić information content (AvgIpc) is 2.72. The van der Waals surface area contributed by atoms with Crippen LogP contribution >= 0.6 is 0 Å². The van der Waals surface area contributed by atoms with Crippen molar-refractivity contribution in [2.75, 3.05) is 25.1 Å². The molecule has 1 rings (SSSR count). The zero-order chi connectivity index (χ0) is 23.7. The third kappa shape index (κ3) is 7.82. The molecule has 0 saturated heterocycles. The van der Waals surface area contributed by atoms with Gasteiger partial charge in [0.1, 0.15) is 5.60 Å². The number of nitrogens with one attached hydrogen (secondary N) is 3. The second-order valence-electron chi connectivity index (χ2n) is 8.35. The van der Waals surface area contributed by atoms with Gasteiger partial charge < -0.3 is 30.7 Å². The fraction of sp³-hybridized carbons (Fsp3) is 0.571. The number of carbonyl (C=O) groups is 3. The predicted molar refractivity (Wildman–Crippen MR) is 114 cm³/mol. The topological polar surface area (TPSA) is 157 Å². The second-order valence-corrected chi connectivity index (χ2v) is 8.35. The number of carbonyl (C=O) groups excluding carboxylic acids is 3. The van der Waals surface area contributed by atoms with E-state index in [0.29, 0.717) is 5.69 Å². The molecule has 0 saturated carbocycles. The molecule has 0 fully saturated rings. The minimum Gasteiger partial charge on any atom is -0.441 e. The van der Waals surface area contributed by atoms with Crippen LogP contribution in [-0.4, -0.2) is 69.7 Å². The van der Waals surface area contributed by atoms with Gasteiger partial charge in [-0.25, -0.2) is 4.79 Å². The molecule has 1 aromatic rings. The maximum atomic E-state index is 12.4. The Morgan fingerprint density at radius 3 is 1.84 bits per heavy atom. The number of benzene rings is 1. The molecule has 31 heavy (non-hydrogen) atoms. The molecule has 3 amide bonds. The van der Waals surface area contributed by atoms with Gasteiger partial charge in [0.15, 0.2) is 0 Å². The van der Waals surface area contributed by atoms with Crippen LogP contribution in [0.3, 0.4) is 0 Å². The lowest BCUT2D eigenvalue weighted by Gasteiger charge is -2.42. The van der Waals surface area contributed by atoms with Gasteiger partial charge in [-0.05, 0) is 39.8 Å². The highest BCUT2D eigenvalue weighted by Gasteiger charge is 2.45. The number of hydrogen-bond donors (Lipinski definition) is 6. The number of anilines is 1. The summed E-state index contributed by atoms with van der Waals surface area (Å²) < 4.78 is 5.46. The summed E-state index contributed by atoms with van der Waals surface area (Å²) >= 11 is 0. The SMILES string of the molecule is CC(CO)(CO)NC(=O)CCC(=O)NC(C)(CO)C(C)(C)OC(=O)Nc1ccccc1. The third-order valence-electron chi connectivity index (χ3n) is 5.15. The molecule has 0 spiro atoms. The second kappa shape index (κ2) is 11.1. The number of rotatable bonds is 11. The van der Waals surface area contributed by atoms with Crippen LogP contribution in [0.1, 0.15) is 40.5 Å². The van der Waals surface area contributed by atoms with Crippen LogP contribution in [0.5, 0.6) is 0 Å². The normalized spacial score (nSPS) is 13.6. The van der Waals surface area contributed by atoms with E-state index in [1.165, 1.54) is 13.8 Å². The predicted octanol–water partition coefficient (Wildman–Crippen LogP) is 0.521. The number of aliphatic hydroxyl groups excluding tert-OH is 3. The maximum Gasteiger partial charge on any atom is 0.412 e. The summed E-state index contributed by atoms with van der Waals surface area (Å²) in [5.41, 5.74) is -3.29. The highest BCUT2D eigenvalue weighted by Crippen LogP contribution is 2.26. The Hall–Kier alpha value is -2.69. The van der Waals surface area contributed by atoms with Crippen molar-refractivity contribution >= 4 is 23.6 Å².